The number of ketones is 1. The Morgan fingerprint density at radius 2 is 1.46 bits per heavy atom. The summed E-state index contributed by atoms with van der Waals surface area (Å²) in [7, 11) is 3.03. The second-order valence-electron chi connectivity index (χ2n) is 14.7. The quantitative estimate of drug-likeness (QED) is 0.145. The van der Waals surface area contributed by atoms with Gasteiger partial charge in [-0.2, -0.15) is 0 Å². The smallest absolute Gasteiger partial charge is 0.223 e. The van der Waals surface area contributed by atoms with Crippen LogP contribution in [0.1, 0.15) is 57.5 Å². The number of allylic oxidation sites excluding steroid dienone is 2. The monoisotopic (exact) mass is 698 g/mol. The number of likely N-dealkylation sites (tertiary alicyclic amines) is 1. The van der Waals surface area contributed by atoms with Crippen molar-refractivity contribution in [3.8, 4) is 23.0 Å². The number of nitrogens with one attached hydrogen (secondary N) is 3. The number of aromatic amines is 3. The zero-order valence-electron chi connectivity index (χ0n) is 29.4. The van der Waals surface area contributed by atoms with Gasteiger partial charge < -0.3 is 49.3 Å². The molecule has 0 radical (unpaired) electrons. The lowest BCUT2D eigenvalue weighted by molar-refractivity contribution is -0.116. The highest BCUT2D eigenvalue weighted by atomic mass is 16.5. The van der Waals surface area contributed by atoms with Gasteiger partial charge in [-0.3, -0.25) is 9.59 Å². The van der Waals surface area contributed by atoms with E-state index in [1.807, 2.05) is 17.2 Å². The number of aryl methyl sites for hydroxylation is 1. The molecule has 5 aromatic rings. The van der Waals surface area contributed by atoms with Gasteiger partial charge >= 0.3 is 0 Å². The molecule has 10 rings (SSSR count). The average Bonchev–Trinajstić information content (AvgIpc) is 3.85. The highest BCUT2D eigenvalue weighted by Crippen LogP contribution is 2.68. The molecule has 2 aromatic carbocycles. The van der Waals surface area contributed by atoms with E-state index >= 15 is 0 Å². The van der Waals surface area contributed by atoms with Crippen molar-refractivity contribution in [2.24, 2.45) is 5.92 Å². The molecule has 264 valence electrons. The number of amides is 1. The van der Waals surface area contributed by atoms with Gasteiger partial charge in [0.2, 0.25) is 11.7 Å². The lowest BCUT2D eigenvalue weighted by Gasteiger charge is -2.30. The minimum Gasteiger partial charge on any atom is -0.503 e. The first-order chi connectivity index (χ1) is 25.0. The maximum Gasteiger partial charge on any atom is 0.223 e. The summed E-state index contributed by atoms with van der Waals surface area (Å²) in [5.41, 5.74) is 10.9. The van der Waals surface area contributed by atoms with Crippen LogP contribution in [0.2, 0.25) is 0 Å². The number of aromatic nitrogens is 3. The number of nitrogens with zero attached hydrogens (tertiary/aromatic N) is 3. The van der Waals surface area contributed by atoms with Crippen LogP contribution in [0.3, 0.4) is 0 Å². The summed E-state index contributed by atoms with van der Waals surface area (Å²) in [6.45, 7) is 14.3. The van der Waals surface area contributed by atoms with E-state index in [1.165, 1.54) is 14.0 Å². The number of phenolic OH excluding ortho intramolecular Hbond substituents is 2. The van der Waals surface area contributed by atoms with Gasteiger partial charge in [0.05, 0.1) is 65.1 Å². The molecule has 2 atom stereocenters. The number of hydrogen-bond acceptors (Lipinski definition) is 8. The third kappa shape index (κ3) is 3.61. The van der Waals surface area contributed by atoms with Gasteiger partial charge in [-0.1, -0.05) is 13.2 Å². The van der Waals surface area contributed by atoms with E-state index in [2.05, 4.69) is 46.0 Å². The maximum absolute atomic E-state index is 13.2. The molecule has 2 fully saturated rings. The summed E-state index contributed by atoms with van der Waals surface area (Å²) in [6.07, 6.45) is 5.97. The molecule has 5 aliphatic rings. The number of benzene rings is 2. The van der Waals surface area contributed by atoms with Crippen LogP contribution in [-0.2, 0) is 23.1 Å². The average molecular weight is 699 g/mol. The zero-order valence-corrected chi connectivity index (χ0v) is 29.4. The topological polar surface area (TPSA) is 150 Å². The fraction of sp³-hybridized carbons (Fsp3) is 0.300. The van der Waals surface area contributed by atoms with Crippen molar-refractivity contribution in [2.75, 3.05) is 43.7 Å². The molecule has 2 aliphatic carbocycles. The lowest BCUT2D eigenvalue weighted by Crippen LogP contribution is -2.28. The Balaban J connectivity index is 1.03. The molecule has 0 bridgehead atoms. The number of rotatable bonds is 6. The lowest BCUT2D eigenvalue weighted by atomic mass is 9.83. The molecule has 1 saturated heterocycles. The van der Waals surface area contributed by atoms with Gasteiger partial charge in [-0.05, 0) is 66.5 Å². The number of carbonyl (C=O) groups is 2. The van der Waals surface area contributed by atoms with Crippen molar-refractivity contribution in [2.45, 2.75) is 38.5 Å². The predicted molar refractivity (Wildman–Crippen MR) is 198 cm³/mol. The summed E-state index contributed by atoms with van der Waals surface area (Å²) < 4.78 is 11.5. The Labute approximate surface area is 298 Å². The molecular weight excluding hydrogens is 660 g/mol. The second kappa shape index (κ2) is 10.1. The second-order valence-corrected chi connectivity index (χ2v) is 14.7. The highest BCUT2D eigenvalue weighted by Gasteiger charge is 2.67. The third-order valence-corrected chi connectivity index (χ3v) is 12.3. The van der Waals surface area contributed by atoms with Crippen molar-refractivity contribution in [3.63, 3.8) is 0 Å². The van der Waals surface area contributed by atoms with E-state index in [0.29, 0.717) is 77.1 Å². The van der Waals surface area contributed by atoms with Crippen LogP contribution in [0.25, 0.3) is 33.2 Å². The molecule has 3 aromatic heterocycles. The van der Waals surface area contributed by atoms with Crippen LogP contribution >= 0.6 is 0 Å². The Morgan fingerprint density at radius 3 is 2.04 bits per heavy atom. The van der Waals surface area contributed by atoms with Gasteiger partial charge in [0, 0.05) is 60.7 Å². The molecule has 5 N–H and O–H groups in total. The molecule has 2 unspecified atom stereocenters. The first-order valence-electron chi connectivity index (χ1n) is 17.6. The zero-order chi connectivity index (χ0) is 36.1. The van der Waals surface area contributed by atoms with Gasteiger partial charge in [0.15, 0.2) is 23.0 Å². The minimum absolute atomic E-state index is 0.00408. The van der Waals surface area contributed by atoms with Gasteiger partial charge in [-0.15, -0.1) is 0 Å². The Bertz CT molecular complexity index is 2570. The van der Waals surface area contributed by atoms with Gasteiger partial charge in [-0.25, -0.2) is 0 Å². The summed E-state index contributed by atoms with van der Waals surface area (Å²) in [6, 6.07) is 4.04. The molecule has 12 nitrogen and oxygen atoms in total. The van der Waals surface area contributed by atoms with E-state index in [4.69, 9.17) is 9.47 Å². The first kappa shape index (κ1) is 30.8. The fourth-order valence-corrected chi connectivity index (χ4v) is 9.89. The Kier molecular flexibility index (Phi) is 5.95. The summed E-state index contributed by atoms with van der Waals surface area (Å²) in [5, 5.41) is 24.8. The number of H-pyrrole nitrogens is 3. The summed E-state index contributed by atoms with van der Waals surface area (Å²) >= 11 is 0. The van der Waals surface area contributed by atoms with E-state index in [9.17, 15) is 19.8 Å². The fourth-order valence-electron chi connectivity index (χ4n) is 9.89. The normalized spacial score (nSPS) is 20.9. The van der Waals surface area contributed by atoms with Crippen molar-refractivity contribution >= 4 is 56.3 Å². The third-order valence-electron chi connectivity index (χ3n) is 12.3. The SMILES string of the molecule is C=C(c1cc2c3c(c(O)c(OC)c2[nH]1)N(C(=C)c1cc2c4c(c(O)c(OC)c2[nH]1)N(C(C)=O)CC4)CC3)N1CC2CC23C1=CC(=O)c1[nH]cc(C)c13. The molecule has 52 heavy (non-hydrogen) atoms. The first-order valence-corrected chi connectivity index (χ1v) is 17.6. The largest absolute Gasteiger partial charge is 0.503 e. The predicted octanol–water partition coefficient (Wildman–Crippen LogP) is 5.98. The van der Waals surface area contributed by atoms with E-state index in [-0.39, 0.29) is 34.4 Å². The molecule has 1 amide bonds. The van der Waals surface area contributed by atoms with Crippen LogP contribution < -0.4 is 19.3 Å². The molecule has 6 heterocycles. The van der Waals surface area contributed by atoms with Crippen molar-refractivity contribution < 1.29 is 29.3 Å². The van der Waals surface area contributed by atoms with Crippen molar-refractivity contribution in [3.05, 3.63) is 82.6 Å². The van der Waals surface area contributed by atoms with Gasteiger partial charge in [0.1, 0.15) is 0 Å². The maximum atomic E-state index is 13.2. The number of hydrogen-bond donors (Lipinski definition) is 5. The Morgan fingerprint density at radius 1 is 0.904 bits per heavy atom. The summed E-state index contributed by atoms with van der Waals surface area (Å²) in [4.78, 5) is 41.5. The summed E-state index contributed by atoms with van der Waals surface area (Å²) in [5.74, 6) is 0.753. The van der Waals surface area contributed by atoms with Crippen molar-refractivity contribution in [1.82, 2.24) is 19.9 Å². The molecule has 1 saturated carbocycles. The number of ether oxygens (including phenoxy) is 2. The van der Waals surface area contributed by atoms with Crippen LogP contribution in [0, 0.1) is 12.8 Å². The number of carbonyl (C=O) groups excluding carboxylic acids is 2. The number of aromatic hydroxyl groups is 2. The molecule has 12 heteroatoms. The van der Waals surface area contributed by atoms with Crippen LogP contribution in [0.5, 0.6) is 23.0 Å². The molecule has 1 spiro atoms. The number of fused-ring (bicyclic) bond motifs is 7. The van der Waals surface area contributed by atoms with Crippen LogP contribution in [0.4, 0.5) is 11.4 Å². The standard InChI is InChI=1S/C40H38N6O6/c1-17-15-41-33-28(48)13-29-40(30(17)33)14-21(40)16-46(29)19(3)27-12-24-22-7-9-44(34(22)36(49)38(51-5)31(24)43-27)18(2)26-11-25-23-8-10-45(20(4)47)35(23)37(50)39(52-6)32(25)42-26/h11-13,15,21,41-43,49-50H,2-3,7-10,14,16H2,1,4-6H3. The Hall–Kier alpha value is -6.04. The van der Waals surface area contributed by atoms with E-state index in [0.717, 1.165) is 63.1 Å². The van der Waals surface area contributed by atoms with Crippen LogP contribution in [-0.4, -0.2) is 75.6 Å². The molecule has 3 aliphatic heterocycles. The van der Waals surface area contributed by atoms with Gasteiger partial charge in [0.25, 0.3) is 0 Å². The minimum atomic E-state index is -0.154. The van der Waals surface area contributed by atoms with E-state index < -0.39 is 0 Å². The number of piperidine rings is 1. The highest BCUT2D eigenvalue weighted by molar-refractivity contribution is 6.09. The number of phenols is 2. The van der Waals surface area contributed by atoms with E-state index in [1.54, 1.807) is 18.1 Å². The number of anilines is 2. The van der Waals surface area contributed by atoms with Crippen LogP contribution in [0.15, 0.2) is 43.3 Å². The molecular formula is C40H38N6O6. The number of methoxy groups -OCH3 is 2. The van der Waals surface area contributed by atoms with Crippen molar-refractivity contribution in [1.29, 1.82) is 0 Å².